The maximum Gasteiger partial charge on any atom is 0.191 e. The van der Waals surface area contributed by atoms with Gasteiger partial charge in [-0.05, 0) is 38.9 Å². The van der Waals surface area contributed by atoms with Gasteiger partial charge >= 0.3 is 0 Å². The zero-order valence-electron chi connectivity index (χ0n) is 18.1. The summed E-state index contributed by atoms with van der Waals surface area (Å²) in [6.07, 6.45) is 1.14. The van der Waals surface area contributed by atoms with Crippen LogP contribution in [0.15, 0.2) is 29.3 Å². The van der Waals surface area contributed by atoms with E-state index in [-0.39, 0.29) is 0 Å². The molecule has 6 nitrogen and oxygen atoms in total. The van der Waals surface area contributed by atoms with Crippen molar-refractivity contribution in [1.82, 2.24) is 20.4 Å². The van der Waals surface area contributed by atoms with Gasteiger partial charge in [0.05, 0.1) is 0 Å². The molecule has 2 heterocycles. The fraction of sp³-hybridized carbons (Fsp3) is 0.682. The molecule has 3 rings (SSSR count). The second-order valence-corrected chi connectivity index (χ2v) is 8.18. The smallest absolute Gasteiger partial charge is 0.191 e. The predicted octanol–water partition coefficient (Wildman–Crippen LogP) is 1.76. The van der Waals surface area contributed by atoms with Gasteiger partial charge in [-0.15, -0.1) is 0 Å². The molecule has 1 aromatic rings. The van der Waals surface area contributed by atoms with E-state index in [1.165, 1.54) is 24.3 Å². The van der Waals surface area contributed by atoms with Crippen LogP contribution in [0.4, 0.5) is 5.69 Å². The summed E-state index contributed by atoms with van der Waals surface area (Å²) < 4.78 is 0. The molecule has 2 N–H and O–H groups in total. The van der Waals surface area contributed by atoms with Crippen molar-refractivity contribution in [2.45, 2.75) is 39.3 Å². The molecule has 0 amide bonds. The number of likely N-dealkylation sites (N-methyl/N-ethyl adjacent to an activating group) is 1. The van der Waals surface area contributed by atoms with Gasteiger partial charge in [0.1, 0.15) is 0 Å². The summed E-state index contributed by atoms with van der Waals surface area (Å²) in [6.45, 7) is 15.6. The van der Waals surface area contributed by atoms with Crippen LogP contribution in [0.3, 0.4) is 0 Å². The molecule has 156 valence electrons. The number of rotatable bonds is 6. The van der Waals surface area contributed by atoms with Crippen molar-refractivity contribution < 1.29 is 0 Å². The molecule has 2 atom stereocenters. The molecule has 0 radical (unpaired) electrons. The van der Waals surface area contributed by atoms with Crippen molar-refractivity contribution in [1.29, 1.82) is 0 Å². The molecule has 0 aliphatic carbocycles. The number of piperazine rings is 1. The van der Waals surface area contributed by atoms with Crippen molar-refractivity contribution in [2.24, 2.45) is 4.99 Å². The SMILES string of the molecule is CCN1CCN(C(C)CNC(=NC)NC2CCN(c3ccc(C)cc3)C2)CC1. The number of nitrogens with one attached hydrogen (secondary N) is 2. The van der Waals surface area contributed by atoms with E-state index in [9.17, 15) is 0 Å². The fourth-order valence-electron chi connectivity index (χ4n) is 4.15. The lowest BCUT2D eigenvalue weighted by molar-refractivity contribution is 0.107. The number of benzene rings is 1. The Morgan fingerprint density at radius 2 is 1.86 bits per heavy atom. The van der Waals surface area contributed by atoms with E-state index in [0.29, 0.717) is 12.1 Å². The topological polar surface area (TPSA) is 46.1 Å². The summed E-state index contributed by atoms with van der Waals surface area (Å²) >= 11 is 0. The lowest BCUT2D eigenvalue weighted by atomic mass is 10.2. The highest BCUT2D eigenvalue weighted by Gasteiger charge is 2.24. The molecule has 6 heteroatoms. The van der Waals surface area contributed by atoms with Crippen molar-refractivity contribution in [2.75, 3.05) is 64.3 Å². The first-order valence-corrected chi connectivity index (χ1v) is 10.8. The lowest BCUT2D eigenvalue weighted by Gasteiger charge is -2.37. The van der Waals surface area contributed by atoms with Gasteiger partial charge in [-0.2, -0.15) is 0 Å². The molecule has 0 saturated carbocycles. The molecular weight excluding hydrogens is 348 g/mol. The minimum Gasteiger partial charge on any atom is -0.369 e. The minimum absolute atomic E-state index is 0.441. The standard InChI is InChI=1S/C22H38N6/c1-5-26-12-14-27(15-13-26)19(3)16-24-22(23-4)25-20-10-11-28(17-20)21-8-6-18(2)7-9-21/h6-9,19-20H,5,10-17H2,1-4H3,(H2,23,24,25). The Balaban J connectivity index is 1.42. The molecule has 28 heavy (non-hydrogen) atoms. The van der Waals surface area contributed by atoms with Gasteiger partial charge in [0.25, 0.3) is 0 Å². The molecule has 2 saturated heterocycles. The summed E-state index contributed by atoms with van der Waals surface area (Å²) in [6, 6.07) is 9.80. The van der Waals surface area contributed by atoms with E-state index in [4.69, 9.17) is 0 Å². The van der Waals surface area contributed by atoms with E-state index in [1.807, 2.05) is 7.05 Å². The van der Waals surface area contributed by atoms with E-state index in [2.05, 4.69) is 75.4 Å². The van der Waals surface area contributed by atoms with Gasteiger partial charge in [0, 0.05) is 70.6 Å². The first-order valence-electron chi connectivity index (χ1n) is 10.8. The Morgan fingerprint density at radius 3 is 2.50 bits per heavy atom. The van der Waals surface area contributed by atoms with Gasteiger partial charge in [-0.1, -0.05) is 24.6 Å². The van der Waals surface area contributed by atoms with Crippen LogP contribution < -0.4 is 15.5 Å². The number of hydrogen-bond acceptors (Lipinski definition) is 4. The molecule has 2 fully saturated rings. The molecule has 0 spiro atoms. The van der Waals surface area contributed by atoms with Crippen molar-refractivity contribution >= 4 is 11.6 Å². The van der Waals surface area contributed by atoms with Crippen LogP contribution in [-0.2, 0) is 0 Å². The Morgan fingerprint density at radius 1 is 1.14 bits per heavy atom. The molecule has 2 aliphatic heterocycles. The predicted molar refractivity (Wildman–Crippen MR) is 119 cm³/mol. The average Bonchev–Trinajstić information content (AvgIpc) is 3.20. The van der Waals surface area contributed by atoms with Gasteiger partial charge in [0.15, 0.2) is 5.96 Å². The number of guanidine groups is 1. The van der Waals surface area contributed by atoms with Crippen LogP contribution in [0.5, 0.6) is 0 Å². The first kappa shape index (κ1) is 20.9. The van der Waals surface area contributed by atoms with E-state index in [1.54, 1.807) is 0 Å². The zero-order chi connectivity index (χ0) is 19.9. The van der Waals surface area contributed by atoms with Crippen LogP contribution in [0.25, 0.3) is 0 Å². The minimum atomic E-state index is 0.441. The van der Waals surface area contributed by atoms with Crippen LogP contribution in [0.2, 0.25) is 0 Å². The highest BCUT2D eigenvalue weighted by Crippen LogP contribution is 2.20. The van der Waals surface area contributed by atoms with Crippen LogP contribution in [0, 0.1) is 6.92 Å². The molecule has 2 aliphatic rings. The average molecular weight is 387 g/mol. The van der Waals surface area contributed by atoms with E-state index >= 15 is 0 Å². The number of hydrogen-bond donors (Lipinski definition) is 2. The maximum atomic E-state index is 4.45. The van der Waals surface area contributed by atoms with Crippen molar-refractivity contribution in [3.8, 4) is 0 Å². The van der Waals surface area contributed by atoms with Gasteiger partial charge in [0.2, 0.25) is 0 Å². The zero-order valence-corrected chi connectivity index (χ0v) is 18.1. The third-order valence-corrected chi connectivity index (χ3v) is 6.19. The Bertz CT molecular complexity index is 620. The second-order valence-electron chi connectivity index (χ2n) is 8.18. The normalized spacial score (nSPS) is 23.1. The summed E-state index contributed by atoms with van der Waals surface area (Å²) in [5.41, 5.74) is 2.63. The van der Waals surface area contributed by atoms with E-state index < -0.39 is 0 Å². The van der Waals surface area contributed by atoms with Gasteiger partial charge in [-0.3, -0.25) is 9.89 Å². The molecule has 0 aromatic heterocycles. The van der Waals surface area contributed by atoms with Crippen LogP contribution >= 0.6 is 0 Å². The largest absolute Gasteiger partial charge is 0.369 e. The van der Waals surface area contributed by atoms with Gasteiger partial charge in [-0.25, -0.2) is 0 Å². The highest BCUT2D eigenvalue weighted by atomic mass is 15.3. The van der Waals surface area contributed by atoms with Crippen LogP contribution in [-0.4, -0.2) is 87.2 Å². The third kappa shape index (κ3) is 5.61. The van der Waals surface area contributed by atoms with E-state index in [0.717, 1.165) is 51.6 Å². The monoisotopic (exact) mass is 386 g/mol. The summed E-state index contributed by atoms with van der Waals surface area (Å²) in [7, 11) is 1.87. The Kier molecular flexibility index (Phi) is 7.57. The first-order chi connectivity index (χ1) is 13.6. The Hall–Kier alpha value is -1.79. The molecule has 2 unspecified atom stereocenters. The summed E-state index contributed by atoms with van der Waals surface area (Å²) in [4.78, 5) is 12.0. The van der Waals surface area contributed by atoms with Crippen molar-refractivity contribution in [3.05, 3.63) is 29.8 Å². The van der Waals surface area contributed by atoms with Gasteiger partial charge < -0.3 is 20.4 Å². The number of aryl methyl sites for hydroxylation is 1. The number of nitrogens with zero attached hydrogens (tertiary/aromatic N) is 4. The maximum absolute atomic E-state index is 4.45. The lowest BCUT2D eigenvalue weighted by Crippen LogP contribution is -2.53. The number of anilines is 1. The molecule has 0 bridgehead atoms. The quantitative estimate of drug-likeness (QED) is 0.576. The summed E-state index contributed by atoms with van der Waals surface area (Å²) in [5.74, 6) is 0.926. The summed E-state index contributed by atoms with van der Waals surface area (Å²) in [5, 5.41) is 7.17. The molecule has 1 aromatic carbocycles. The highest BCUT2D eigenvalue weighted by molar-refractivity contribution is 5.80. The number of aliphatic imine (C=N–C) groups is 1. The fourth-order valence-corrected chi connectivity index (χ4v) is 4.15. The molecular formula is C22H38N6. The Labute approximate surface area is 171 Å². The van der Waals surface area contributed by atoms with Crippen molar-refractivity contribution in [3.63, 3.8) is 0 Å². The second kappa shape index (κ2) is 10.1. The third-order valence-electron chi connectivity index (χ3n) is 6.19. The van der Waals surface area contributed by atoms with Crippen LogP contribution in [0.1, 0.15) is 25.8 Å².